The van der Waals surface area contributed by atoms with E-state index in [4.69, 9.17) is 17.1 Å². The van der Waals surface area contributed by atoms with Gasteiger partial charge in [0.05, 0.1) is 7.11 Å². The molecule has 1 fully saturated rings. The molecule has 0 N–H and O–H groups in total. The first-order valence-electron chi connectivity index (χ1n) is 2.69. The van der Waals surface area contributed by atoms with Crippen LogP contribution in [0.1, 0.15) is 12.8 Å². The van der Waals surface area contributed by atoms with Gasteiger partial charge in [0, 0.05) is 13.0 Å². The normalized spacial score (nSPS) is 20.1. The van der Waals surface area contributed by atoms with E-state index in [9.17, 15) is 0 Å². The van der Waals surface area contributed by atoms with Gasteiger partial charge in [-0.25, -0.2) is 5.06 Å². The third-order valence-corrected chi connectivity index (χ3v) is 1.66. The van der Waals surface area contributed by atoms with Crippen molar-refractivity contribution >= 4 is 17.2 Å². The maximum absolute atomic E-state index is 4.94. The number of thiocarbonyl (C=S) groups is 1. The van der Waals surface area contributed by atoms with Crippen LogP contribution >= 0.6 is 12.2 Å². The Kier molecular flexibility index (Phi) is 1.81. The fraction of sp³-hybridized carbons (Fsp3) is 0.800. The van der Waals surface area contributed by atoms with Gasteiger partial charge in [0.15, 0.2) is 0 Å². The van der Waals surface area contributed by atoms with Crippen molar-refractivity contribution in [1.82, 2.24) is 5.06 Å². The summed E-state index contributed by atoms with van der Waals surface area (Å²) in [6.45, 7) is 0.968. The van der Waals surface area contributed by atoms with E-state index >= 15 is 0 Å². The SMILES string of the molecule is CON1CCCC1=S. The highest BCUT2D eigenvalue weighted by Crippen LogP contribution is 2.10. The molecule has 46 valence electrons. The molecule has 0 aromatic heterocycles. The minimum absolute atomic E-state index is 0.938. The molecule has 2 nitrogen and oxygen atoms in total. The van der Waals surface area contributed by atoms with E-state index in [2.05, 4.69) is 0 Å². The standard InChI is InChI=1S/C5H9NOS/c1-7-6-4-2-3-5(6)8/h2-4H2,1H3. The summed E-state index contributed by atoms with van der Waals surface area (Å²) in [4.78, 5) is 5.85. The molecule has 1 rings (SSSR count). The van der Waals surface area contributed by atoms with Crippen molar-refractivity contribution in [3.8, 4) is 0 Å². The molecule has 3 heteroatoms. The molecule has 0 aliphatic carbocycles. The Morgan fingerprint density at radius 3 is 2.75 bits per heavy atom. The first-order chi connectivity index (χ1) is 3.84. The highest BCUT2D eigenvalue weighted by molar-refractivity contribution is 7.80. The van der Waals surface area contributed by atoms with Gasteiger partial charge >= 0.3 is 0 Å². The predicted octanol–water partition coefficient (Wildman–Crippen LogP) is 0.971. The fourth-order valence-electron chi connectivity index (χ4n) is 0.816. The smallest absolute Gasteiger partial charge is 0.104 e. The van der Waals surface area contributed by atoms with E-state index in [1.807, 2.05) is 0 Å². The molecule has 0 radical (unpaired) electrons. The van der Waals surface area contributed by atoms with Gasteiger partial charge in [0.1, 0.15) is 4.99 Å². The molecule has 1 saturated heterocycles. The van der Waals surface area contributed by atoms with Crippen LogP contribution in [0.15, 0.2) is 0 Å². The van der Waals surface area contributed by atoms with Crippen molar-refractivity contribution < 1.29 is 4.84 Å². The molecule has 1 aliphatic heterocycles. The van der Waals surface area contributed by atoms with E-state index in [1.54, 1.807) is 12.2 Å². The zero-order valence-corrected chi connectivity index (χ0v) is 5.70. The Balaban J connectivity index is 2.42. The Morgan fingerprint density at radius 2 is 2.50 bits per heavy atom. The van der Waals surface area contributed by atoms with Crippen LogP contribution in [-0.2, 0) is 4.84 Å². The van der Waals surface area contributed by atoms with Gasteiger partial charge in [-0.1, -0.05) is 12.2 Å². The van der Waals surface area contributed by atoms with Crippen LogP contribution in [0.2, 0.25) is 0 Å². The fourth-order valence-corrected chi connectivity index (χ4v) is 1.13. The average Bonchev–Trinajstić information content (AvgIpc) is 2.14. The Morgan fingerprint density at radius 1 is 1.75 bits per heavy atom. The molecular weight excluding hydrogens is 122 g/mol. The quantitative estimate of drug-likeness (QED) is 0.492. The zero-order chi connectivity index (χ0) is 5.98. The lowest BCUT2D eigenvalue weighted by atomic mass is 10.4. The van der Waals surface area contributed by atoms with Crippen molar-refractivity contribution in [1.29, 1.82) is 0 Å². The highest BCUT2D eigenvalue weighted by Gasteiger charge is 2.14. The van der Waals surface area contributed by atoms with E-state index in [1.165, 1.54) is 0 Å². The van der Waals surface area contributed by atoms with Crippen molar-refractivity contribution in [3.05, 3.63) is 0 Å². The van der Waals surface area contributed by atoms with E-state index in [-0.39, 0.29) is 0 Å². The van der Waals surface area contributed by atoms with Crippen LogP contribution in [-0.4, -0.2) is 23.7 Å². The van der Waals surface area contributed by atoms with Gasteiger partial charge in [-0.05, 0) is 6.42 Å². The summed E-state index contributed by atoms with van der Waals surface area (Å²) in [6, 6.07) is 0. The maximum atomic E-state index is 4.94. The molecule has 8 heavy (non-hydrogen) atoms. The molecule has 0 atom stereocenters. The topological polar surface area (TPSA) is 12.5 Å². The molecule has 0 unspecified atom stereocenters. The molecular formula is C5H9NOS. The second-order valence-corrected chi connectivity index (χ2v) is 2.25. The molecule has 0 aromatic carbocycles. The minimum Gasteiger partial charge on any atom is -0.276 e. The Labute approximate surface area is 54.4 Å². The van der Waals surface area contributed by atoms with Crippen molar-refractivity contribution in [2.24, 2.45) is 0 Å². The van der Waals surface area contributed by atoms with Crippen LogP contribution in [0.3, 0.4) is 0 Å². The van der Waals surface area contributed by atoms with Gasteiger partial charge in [-0.15, -0.1) is 0 Å². The number of hydrogen-bond donors (Lipinski definition) is 0. The first-order valence-corrected chi connectivity index (χ1v) is 3.10. The summed E-state index contributed by atoms with van der Waals surface area (Å²) in [5, 5.41) is 1.76. The summed E-state index contributed by atoms with van der Waals surface area (Å²) in [6.07, 6.45) is 2.16. The largest absolute Gasteiger partial charge is 0.276 e. The third-order valence-electron chi connectivity index (χ3n) is 1.25. The van der Waals surface area contributed by atoms with Crippen molar-refractivity contribution in [2.75, 3.05) is 13.7 Å². The van der Waals surface area contributed by atoms with E-state index < -0.39 is 0 Å². The molecule has 0 bridgehead atoms. The lowest BCUT2D eigenvalue weighted by molar-refractivity contribution is -0.0531. The van der Waals surface area contributed by atoms with Gasteiger partial charge in [-0.3, -0.25) is 4.84 Å². The summed E-state index contributed by atoms with van der Waals surface area (Å²) >= 11 is 4.94. The number of hydrogen-bond acceptors (Lipinski definition) is 2. The zero-order valence-electron chi connectivity index (χ0n) is 4.89. The lowest BCUT2D eigenvalue weighted by Crippen LogP contribution is -2.21. The number of nitrogens with zero attached hydrogens (tertiary/aromatic N) is 1. The van der Waals surface area contributed by atoms with Gasteiger partial charge in [0.25, 0.3) is 0 Å². The molecule has 1 heterocycles. The first kappa shape index (κ1) is 5.98. The van der Waals surface area contributed by atoms with Crippen LogP contribution in [0.25, 0.3) is 0 Å². The highest BCUT2D eigenvalue weighted by atomic mass is 32.1. The maximum Gasteiger partial charge on any atom is 0.104 e. The second kappa shape index (κ2) is 2.42. The van der Waals surface area contributed by atoms with E-state index in [0.29, 0.717) is 0 Å². The van der Waals surface area contributed by atoms with Gasteiger partial charge in [-0.2, -0.15) is 0 Å². The van der Waals surface area contributed by atoms with Crippen LogP contribution in [0, 0.1) is 0 Å². The van der Waals surface area contributed by atoms with Crippen molar-refractivity contribution in [3.63, 3.8) is 0 Å². The monoisotopic (exact) mass is 131 g/mol. The summed E-state index contributed by atoms with van der Waals surface area (Å²) < 4.78 is 0. The molecule has 0 aromatic rings. The third kappa shape index (κ3) is 0.980. The summed E-state index contributed by atoms with van der Waals surface area (Å²) in [7, 11) is 1.65. The van der Waals surface area contributed by atoms with Crippen LogP contribution in [0.5, 0.6) is 0 Å². The molecule has 0 saturated carbocycles. The Hall–Kier alpha value is -0.150. The van der Waals surface area contributed by atoms with Gasteiger partial charge < -0.3 is 0 Å². The number of hydroxylamine groups is 2. The Bertz CT molecular complexity index is 105. The van der Waals surface area contributed by atoms with Crippen molar-refractivity contribution in [2.45, 2.75) is 12.8 Å². The summed E-state index contributed by atoms with van der Waals surface area (Å²) in [5.74, 6) is 0. The van der Waals surface area contributed by atoms with Crippen LogP contribution in [0.4, 0.5) is 0 Å². The molecule has 0 amide bonds. The summed E-state index contributed by atoms with van der Waals surface area (Å²) in [5.41, 5.74) is 0. The minimum atomic E-state index is 0.938. The van der Waals surface area contributed by atoms with E-state index in [0.717, 1.165) is 24.4 Å². The average molecular weight is 131 g/mol. The molecule has 0 spiro atoms. The van der Waals surface area contributed by atoms with Crippen LogP contribution < -0.4 is 0 Å². The predicted molar refractivity (Wildman–Crippen MR) is 35.5 cm³/mol. The lowest BCUT2D eigenvalue weighted by Gasteiger charge is -2.12. The number of rotatable bonds is 1. The second-order valence-electron chi connectivity index (χ2n) is 1.78. The molecule has 1 aliphatic rings. The van der Waals surface area contributed by atoms with Gasteiger partial charge in [0.2, 0.25) is 0 Å².